The Morgan fingerprint density at radius 2 is 2.00 bits per heavy atom. The number of carbonyl (C=O) groups excluding carboxylic acids is 1. The summed E-state index contributed by atoms with van der Waals surface area (Å²) in [4.78, 5) is 13.4. The van der Waals surface area contributed by atoms with Crippen LogP contribution in [0.25, 0.3) is 0 Å². The lowest BCUT2D eigenvalue weighted by atomic mass is 10.2. The van der Waals surface area contributed by atoms with Crippen molar-refractivity contribution in [1.29, 1.82) is 0 Å². The van der Waals surface area contributed by atoms with Crippen LogP contribution in [0.15, 0.2) is 24.3 Å². The van der Waals surface area contributed by atoms with E-state index in [4.69, 9.17) is 4.18 Å². The van der Waals surface area contributed by atoms with Crippen LogP contribution in [0.4, 0.5) is 0 Å². The molecule has 1 aromatic carbocycles. The van der Waals surface area contributed by atoms with Crippen LogP contribution in [0.2, 0.25) is 0 Å². The van der Waals surface area contributed by atoms with E-state index in [1.54, 1.807) is 23.1 Å². The number of amides is 1. The second-order valence-corrected chi connectivity index (χ2v) is 6.77. The van der Waals surface area contributed by atoms with Crippen molar-refractivity contribution in [3.63, 3.8) is 0 Å². The molecule has 0 bridgehead atoms. The van der Waals surface area contributed by atoms with Crippen molar-refractivity contribution in [3.05, 3.63) is 29.8 Å². The number of rotatable bonds is 6. The normalized spacial score (nSPS) is 14.9. The van der Waals surface area contributed by atoms with E-state index in [-0.39, 0.29) is 17.7 Å². The van der Waals surface area contributed by atoms with Gasteiger partial charge in [-0.05, 0) is 25.8 Å². The second-order valence-electron chi connectivity index (χ2n) is 4.92. The number of hydrogen-bond acceptors (Lipinski definition) is 4. The number of benzene rings is 1. The molecule has 0 aromatic heterocycles. The topological polar surface area (TPSA) is 63.7 Å². The molecule has 6 heteroatoms. The summed E-state index contributed by atoms with van der Waals surface area (Å²) in [6, 6.07) is 7.22. The van der Waals surface area contributed by atoms with Crippen LogP contribution in [0.1, 0.15) is 32.3 Å². The molecular weight excluding hydrogens is 278 g/mol. The molecule has 1 saturated carbocycles. The molecule has 0 N–H and O–H groups in total. The van der Waals surface area contributed by atoms with Crippen molar-refractivity contribution in [2.45, 2.75) is 39.3 Å². The largest absolute Gasteiger partial charge is 0.382 e. The van der Waals surface area contributed by atoms with E-state index in [2.05, 4.69) is 0 Å². The Morgan fingerprint density at radius 1 is 1.35 bits per heavy atom. The van der Waals surface area contributed by atoms with E-state index in [0.717, 1.165) is 12.8 Å². The first-order valence-corrected chi connectivity index (χ1v) is 8.28. The van der Waals surface area contributed by atoms with Gasteiger partial charge in [0.2, 0.25) is 5.91 Å². The maximum absolute atomic E-state index is 11.6. The summed E-state index contributed by atoms with van der Waals surface area (Å²) in [5, 5.41) is 0. The van der Waals surface area contributed by atoms with E-state index < -0.39 is 10.1 Å². The average molecular weight is 297 g/mol. The maximum Gasteiger partial charge on any atom is 0.308 e. The minimum atomic E-state index is -3.56. The molecule has 1 fully saturated rings. The molecule has 0 radical (unpaired) electrons. The zero-order chi connectivity index (χ0) is 14.8. The zero-order valence-electron chi connectivity index (χ0n) is 11.7. The molecule has 1 aliphatic rings. The first-order chi connectivity index (χ1) is 9.43. The Hall–Kier alpha value is -1.56. The molecule has 1 aromatic rings. The van der Waals surface area contributed by atoms with Gasteiger partial charge in [0.1, 0.15) is 5.75 Å². The molecule has 0 saturated heterocycles. The van der Waals surface area contributed by atoms with Crippen molar-refractivity contribution in [1.82, 2.24) is 4.90 Å². The van der Waals surface area contributed by atoms with Crippen molar-refractivity contribution in [2.75, 3.05) is 5.75 Å². The number of nitrogens with zero attached hydrogens (tertiary/aromatic N) is 1. The molecule has 1 amide bonds. The smallest absolute Gasteiger partial charge is 0.308 e. The van der Waals surface area contributed by atoms with Gasteiger partial charge < -0.3 is 9.08 Å². The molecule has 0 heterocycles. The maximum atomic E-state index is 11.6. The molecule has 20 heavy (non-hydrogen) atoms. The van der Waals surface area contributed by atoms with Gasteiger partial charge in [-0.1, -0.05) is 18.2 Å². The monoisotopic (exact) mass is 297 g/mol. The van der Waals surface area contributed by atoms with Crippen LogP contribution in [0.3, 0.4) is 0 Å². The van der Waals surface area contributed by atoms with Crippen LogP contribution in [0, 0.1) is 0 Å². The first kappa shape index (κ1) is 14.8. The summed E-state index contributed by atoms with van der Waals surface area (Å²) in [5.74, 6) is 0.224. The summed E-state index contributed by atoms with van der Waals surface area (Å²) < 4.78 is 28.3. The lowest BCUT2D eigenvalue weighted by Crippen LogP contribution is -2.30. The third-order valence-electron chi connectivity index (χ3n) is 3.28. The van der Waals surface area contributed by atoms with Gasteiger partial charge in [-0.2, -0.15) is 8.42 Å². The molecule has 1 aliphatic carbocycles. The van der Waals surface area contributed by atoms with Gasteiger partial charge in [0.25, 0.3) is 0 Å². The van der Waals surface area contributed by atoms with Crippen LogP contribution in [-0.4, -0.2) is 31.0 Å². The van der Waals surface area contributed by atoms with Crippen molar-refractivity contribution < 1.29 is 17.4 Å². The summed E-state index contributed by atoms with van der Waals surface area (Å²) in [6.07, 6.45) is 2.02. The van der Waals surface area contributed by atoms with Gasteiger partial charge in [-0.3, -0.25) is 4.79 Å². The number of para-hydroxylation sites is 1. The summed E-state index contributed by atoms with van der Waals surface area (Å²) in [6.45, 7) is 3.45. The van der Waals surface area contributed by atoms with Crippen molar-refractivity contribution in [2.24, 2.45) is 0 Å². The Morgan fingerprint density at radius 3 is 2.55 bits per heavy atom. The Kier molecular flexibility index (Phi) is 4.32. The second kappa shape index (κ2) is 5.83. The highest BCUT2D eigenvalue weighted by atomic mass is 32.2. The van der Waals surface area contributed by atoms with Gasteiger partial charge in [0.15, 0.2) is 0 Å². The lowest BCUT2D eigenvalue weighted by molar-refractivity contribution is -0.130. The number of hydrogen-bond donors (Lipinski definition) is 0. The van der Waals surface area contributed by atoms with Crippen LogP contribution in [-0.2, 0) is 21.5 Å². The van der Waals surface area contributed by atoms with E-state index in [1.807, 2.05) is 6.07 Å². The fraction of sp³-hybridized carbons (Fsp3) is 0.500. The highest BCUT2D eigenvalue weighted by molar-refractivity contribution is 7.87. The fourth-order valence-corrected chi connectivity index (χ4v) is 2.53. The summed E-state index contributed by atoms with van der Waals surface area (Å²) in [7, 11) is -3.56. The molecule has 0 atom stereocenters. The SMILES string of the molecule is CCS(=O)(=O)Oc1ccccc1CN(C(C)=O)C1CC1. The van der Waals surface area contributed by atoms with E-state index in [9.17, 15) is 13.2 Å². The minimum absolute atomic E-state index is 0.000603. The van der Waals surface area contributed by atoms with Gasteiger partial charge in [-0.25, -0.2) is 0 Å². The first-order valence-electron chi connectivity index (χ1n) is 6.70. The van der Waals surface area contributed by atoms with E-state index >= 15 is 0 Å². The fourth-order valence-electron chi connectivity index (χ4n) is 1.98. The van der Waals surface area contributed by atoms with Crippen LogP contribution >= 0.6 is 0 Å². The predicted molar refractivity (Wildman–Crippen MR) is 75.8 cm³/mol. The standard InChI is InChI=1S/C14H19NO4S/c1-3-20(17,18)19-14-7-5-4-6-12(14)10-15(11(2)16)13-8-9-13/h4-7,13H,3,8-10H2,1-2H3. The molecule has 0 aliphatic heterocycles. The molecule has 110 valence electrons. The zero-order valence-corrected chi connectivity index (χ0v) is 12.5. The van der Waals surface area contributed by atoms with Gasteiger partial charge in [-0.15, -0.1) is 0 Å². The Bertz CT molecular complexity index is 593. The molecule has 2 rings (SSSR count). The molecule has 0 spiro atoms. The highest BCUT2D eigenvalue weighted by Gasteiger charge is 2.31. The number of carbonyl (C=O) groups is 1. The van der Waals surface area contributed by atoms with E-state index in [0.29, 0.717) is 17.9 Å². The molecular formula is C14H19NO4S. The average Bonchev–Trinajstić information content (AvgIpc) is 3.21. The summed E-state index contributed by atoms with van der Waals surface area (Å²) >= 11 is 0. The Labute approximate surface area is 119 Å². The van der Waals surface area contributed by atoms with Gasteiger partial charge in [0.05, 0.1) is 5.75 Å². The third kappa shape index (κ3) is 3.72. The van der Waals surface area contributed by atoms with Crippen molar-refractivity contribution in [3.8, 4) is 5.75 Å². The highest BCUT2D eigenvalue weighted by Crippen LogP contribution is 2.30. The minimum Gasteiger partial charge on any atom is -0.382 e. The Balaban J connectivity index is 2.21. The van der Waals surface area contributed by atoms with Gasteiger partial charge in [0, 0.05) is 25.1 Å². The van der Waals surface area contributed by atoms with Gasteiger partial charge >= 0.3 is 10.1 Å². The quantitative estimate of drug-likeness (QED) is 0.753. The van der Waals surface area contributed by atoms with Crippen LogP contribution in [0.5, 0.6) is 5.75 Å². The third-order valence-corrected chi connectivity index (χ3v) is 4.42. The predicted octanol–water partition coefficient (Wildman–Crippen LogP) is 1.93. The van der Waals surface area contributed by atoms with Crippen molar-refractivity contribution >= 4 is 16.0 Å². The lowest BCUT2D eigenvalue weighted by Gasteiger charge is -2.22. The summed E-state index contributed by atoms with van der Waals surface area (Å²) in [5.41, 5.74) is 0.714. The molecule has 0 unspecified atom stereocenters. The van der Waals surface area contributed by atoms with Crippen LogP contribution < -0.4 is 4.18 Å². The molecule has 5 nitrogen and oxygen atoms in total. The van der Waals surface area contributed by atoms with E-state index in [1.165, 1.54) is 13.8 Å².